The van der Waals surface area contributed by atoms with Gasteiger partial charge in [0.1, 0.15) is 5.82 Å². The van der Waals surface area contributed by atoms with Gasteiger partial charge in [-0.25, -0.2) is 14.1 Å². The predicted molar refractivity (Wildman–Crippen MR) is 55.1 cm³/mol. The molecule has 0 bridgehead atoms. The van der Waals surface area contributed by atoms with Gasteiger partial charge in [0.15, 0.2) is 0 Å². The number of hydrogen-bond donors (Lipinski definition) is 1. The standard InChI is InChI=1S/C11H8FNO4/c12-6-1-2-7(11(16)17)8(5-6)13-9(14)3-4-10(13)15/h1-2,5H,3-4H2,(H,16,17). The minimum absolute atomic E-state index is 0.0222. The maximum absolute atomic E-state index is 13.1. The van der Waals surface area contributed by atoms with Gasteiger partial charge in [0.25, 0.3) is 0 Å². The summed E-state index contributed by atoms with van der Waals surface area (Å²) in [6.45, 7) is 0. The largest absolute Gasteiger partial charge is 0.478 e. The van der Waals surface area contributed by atoms with Gasteiger partial charge in [-0.15, -0.1) is 0 Å². The second-order valence-electron chi connectivity index (χ2n) is 3.59. The lowest BCUT2D eigenvalue weighted by Crippen LogP contribution is -2.30. The molecule has 0 atom stereocenters. The Kier molecular flexibility index (Phi) is 2.63. The maximum Gasteiger partial charge on any atom is 0.337 e. The van der Waals surface area contributed by atoms with Crippen molar-refractivity contribution in [2.24, 2.45) is 0 Å². The number of hydrogen-bond acceptors (Lipinski definition) is 3. The van der Waals surface area contributed by atoms with E-state index in [-0.39, 0.29) is 24.1 Å². The van der Waals surface area contributed by atoms with Crippen LogP contribution in [0.4, 0.5) is 10.1 Å². The SMILES string of the molecule is O=C(O)c1ccc(F)cc1N1C(=O)CCC1=O. The number of carbonyl (C=O) groups is 3. The molecule has 1 fully saturated rings. The van der Waals surface area contributed by atoms with Crippen molar-refractivity contribution in [3.8, 4) is 0 Å². The molecule has 0 aliphatic carbocycles. The number of amides is 2. The fraction of sp³-hybridized carbons (Fsp3) is 0.182. The molecule has 17 heavy (non-hydrogen) atoms. The first kappa shape index (κ1) is 11.3. The van der Waals surface area contributed by atoms with E-state index in [1.165, 1.54) is 0 Å². The van der Waals surface area contributed by atoms with E-state index in [1.807, 2.05) is 0 Å². The minimum atomic E-state index is -1.31. The van der Waals surface area contributed by atoms with Crippen LogP contribution in [0.15, 0.2) is 18.2 Å². The van der Waals surface area contributed by atoms with Gasteiger partial charge >= 0.3 is 5.97 Å². The van der Waals surface area contributed by atoms with E-state index in [0.717, 1.165) is 23.1 Å². The first-order valence-corrected chi connectivity index (χ1v) is 4.89. The number of benzene rings is 1. The van der Waals surface area contributed by atoms with Gasteiger partial charge < -0.3 is 5.11 Å². The molecule has 6 heteroatoms. The highest BCUT2D eigenvalue weighted by Gasteiger charge is 2.33. The predicted octanol–water partition coefficient (Wildman–Crippen LogP) is 1.18. The van der Waals surface area contributed by atoms with Gasteiger partial charge in [-0.2, -0.15) is 0 Å². The van der Waals surface area contributed by atoms with Crippen LogP contribution in [0.25, 0.3) is 0 Å². The summed E-state index contributed by atoms with van der Waals surface area (Å²) in [6.07, 6.45) is 0.0445. The first-order valence-electron chi connectivity index (χ1n) is 4.89. The molecule has 1 aromatic carbocycles. The number of aromatic carboxylic acids is 1. The number of halogens is 1. The highest BCUT2D eigenvalue weighted by atomic mass is 19.1. The van der Waals surface area contributed by atoms with Crippen molar-refractivity contribution in [3.05, 3.63) is 29.6 Å². The Morgan fingerprint density at radius 2 is 1.82 bits per heavy atom. The molecule has 1 aliphatic heterocycles. The number of carboxylic acids is 1. The molecular weight excluding hydrogens is 229 g/mol. The van der Waals surface area contributed by atoms with Crippen LogP contribution < -0.4 is 4.90 Å². The van der Waals surface area contributed by atoms with Crippen LogP contribution in [-0.2, 0) is 9.59 Å². The molecule has 0 spiro atoms. The van der Waals surface area contributed by atoms with Crippen LogP contribution in [0.2, 0.25) is 0 Å². The summed E-state index contributed by atoms with van der Waals surface area (Å²) in [5.74, 6) is -3.03. The van der Waals surface area contributed by atoms with Gasteiger partial charge in [0.2, 0.25) is 11.8 Å². The number of rotatable bonds is 2. The third kappa shape index (κ3) is 1.89. The Morgan fingerprint density at radius 3 is 2.35 bits per heavy atom. The van der Waals surface area contributed by atoms with Crippen LogP contribution in [0.5, 0.6) is 0 Å². The van der Waals surface area contributed by atoms with E-state index in [4.69, 9.17) is 5.11 Å². The van der Waals surface area contributed by atoms with E-state index in [1.54, 1.807) is 0 Å². The first-order chi connectivity index (χ1) is 8.00. The van der Waals surface area contributed by atoms with Gasteiger partial charge in [-0.05, 0) is 18.2 Å². The van der Waals surface area contributed by atoms with Gasteiger partial charge in [-0.1, -0.05) is 0 Å². The van der Waals surface area contributed by atoms with Crippen LogP contribution in [0.3, 0.4) is 0 Å². The van der Waals surface area contributed by atoms with Crippen molar-refractivity contribution in [3.63, 3.8) is 0 Å². The second kappa shape index (κ2) is 3.97. The highest BCUT2D eigenvalue weighted by Crippen LogP contribution is 2.27. The molecule has 0 radical (unpaired) electrons. The number of nitrogens with zero attached hydrogens (tertiary/aromatic N) is 1. The van der Waals surface area contributed by atoms with Crippen molar-refractivity contribution < 1.29 is 23.9 Å². The lowest BCUT2D eigenvalue weighted by atomic mass is 10.1. The van der Waals surface area contributed by atoms with Crippen LogP contribution in [0.1, 0.15) is 23.2 Å². The lowest BCUT2D eigenvalue weighted by molar-refractivity contribution is -0.121. The van der Waals surface area contributed by atoms with E-state index in [9.17, 15) is 18.8 Å². The van der Waals surface area contributed by atoms with Crippen LogP contribution in [0, 0.1) is 5.82 Å². The third-order valence-corrected chi connectivity index (χ3v) is 2.48. The number of carboxylic acid groups (broad SMARTS) is 1. The Labute approximate surface area is 95.5 Å². The third-order valence-electron chi connectivity index (χ3n) is 2.48. The second-order valence-corrected chi connectivity index (χ2v) is 3.59. The normalized spacial score (nSPS) is 15.5. The number of imide groups is 1. The van der Waals surface area contributed by atoms with Crippen molar-refractivity contribution in [1.82, 2.24) is 0 Å². The number of anilines is 1. The van der Waals surface area contributed by atoms with Crippen LogP contribution in [-0.4, -0.2) is 22.9 Å². The molecule has 1 heterocycles. The minimum Gasteiger partial charge on any atom is -0.478 e. The zero-order valence-corrected chi connectivity index (χ0v) is 8.64. The Morgan fingerprint density at radius 1 is 1.24 bits per heavy atom. The highest BCUT2D eigenvalue weighted by molar-refractivity contribution is 6.21. The quantitative estimate of drug-likeness (QED) is 0.783. The average molecular weight is 237 g/mol. The Balaban J connectivity index is 2.57. The van der Waals surface area contributed by atoms with Gasteiger partial charge in [0.05, 0.1) is 11.3 Å². The number of carbonyl (C=O) groups excluding carboxylic acids is 2. The topological polar surface area (TPSA) is 74.7 Å². The molecule has 1 aliphatic rings. The van der Waals surface area contributed by atoms with Crippen molar-refractivity contribution in [2.45, 2.75) is 12.8 Å². The summed E-state index contributed by atoms with van der Waals surface area (Å²) in [5.41, 5.74) is -0.472. The van der Waals surface area contributed by atoms with Crippen molar-refractivity contribution in [2.75, 3.05) is 4.90 Å². The molecule has 0 unspecified atom stereocenters. The molecule has 5 nitrogen and oxygen atoms in total. The summed E-state index contributed by atoms with van der Waals surface area (Å²) >= 11 is 0. The van der Waals surface area contributed by atoms with E-state index in [0.29, 0.717) is 0 Å². The fourth-order valence-corrected chi connectivity index (χ4v) is 1.72. The zero-order valence-electron chi connectivity index (χ0n) is 8.64. The maximum atomic E-state index is 13.1. The van der Waals surface area contributed by atoms with E-state index < -0.39 is 23.6 Å². The molecule has 0 saturated carbocycles. The molecule has 88 valence electrons. The summed E-state index contributed by atoms with van der Waals surface area (Å²) < 4.78 is 13.1. The smallest absolute Gasteiger partial charge is 0.337 e. The summed E-state index contributed by atoms with van der Waals surface area (Å²) in [4.78, 5) is 34.6. The van der Waals surface area contributed by atoms with Gasteiger partial charge in [0, 0.05) is 12.8 Å². The molecule has 1 N–H and O–H groups in total. The summed E-state index contributed by atoms with van der Waals surface area (Å²) in [5, 5.41) is 8.92. The Hall–Kier alpha value is -2.24. The molecular formula is C11H8FNO4. The Bertz CT molecular complexity index is 510. The van der Waals surface area contributed by atoms with Gasteiger partial charge in [-0.3, -0.25) is 9.59 Å². The summed E-state index contributed by atoms with van der Waals surface area (Å²) in [6, 6.07) is 2.88. The molecule has 0 aromatic heterocycles. The summed E-state index contributed by atoms with van der Waals surface area (Å²) in [7, 11) is 0. The molecule has 1 aromatic rings. The van der Waals surface area contributed by atoms with E-state index >= 15 is 0 Å². The van der Waals surface area contributed by atoms with Crippen LogP contribution >= 0.6 is 0 Å². The van der Waals surface area contributed by atoms with Crippen molar-refractivity contribution in [1.29, 1.82) is 0 Å². The average Bonchev–Trinajstić information content (AvgIpc) is 2.58. The molecule has 2 rings (SSSR count). The molecule has 1 saturated heterocycles. The lowest BCUT2D eigenvalue weighted by Gasteiger charge is -2.16. The molecule has 2 amide bonds. The van der Waals surface area contributed by atoms with Crippen molar-refractivity contribution >= 4 is 23.5 Å². The monoisotopic (exact) mass is 237 g/mol. The van der Waals surface area contributed by atoms with E-state index in [2.05, 4.69) is 0 Å². The fourth-order valence-electron chi connectivity index (χ4n) is 1.72. The zero-order chi connectivity index (χ0) is 12.6.